The van der Waals surface area contributed by atoms with Gasteiger partial charge in [0.2, 0.25) is 5.91 Å². The number of pyridine rings is 1. The molecule has 25 heavy (non-hydrogen) atoms. The minimum Gasteiger partial charge on any atom is -0.338 e. The number of aromatic nitrogens is 3. The largest absolute Gasteiger partial charge is 0.338 e. The molecule has 0 bridgehead atoms. The van der Waals surface area contributed by atoms with Gasteiger partial charge in [-0.2, -0.15) is 0 Å². The summed E-state index contributed by atoms with van der Waals surface area (Å²) in [5, 5.41) is 4.12. The highest BCUT2D eigenvalue weighted by atomic mass is 16.2. The first kappa shape index (κ1) is 15.6. The molecule has 4 heterocycles. The van der Waals surface area contributed by atoms with Crippen molar-refractivity contribution in [1.82, 2.24) is 24.8 Å². The van der Waals surface area contributed by atoms with Gasteiger partial charge in [-0.15, -0.1) is 0 Å². The topological polar surface area (TPSA) is 83.0 Å². The maximum absolute atomic E-state index is 12.6. The van der Waals surface area contributed by atoms with Crippen molar-refractivity contribution in [3.63, 3.8) is 0 Å². The van der Waals surface area contributed by atoms with Crippen LogP contribution in [-0.4, -0.2) is 57.3 Å². The summed E-state index contributed by atoms with van der Waals surface area (Å²) in [4.78, 5) is 32.9. The Morgan fingerprint density at radius 3 is 3.12 bits per heavy atom. The molecule has 128 valence electrons. The summed E-state index contributed by atoms with van der Waals surface area (Å²) in [5.74, 6) is 0.0139. The number of rotatable bonds is 4. The van der Waals surface area contributed by atoms with Crippen molar-refractivity contribution in [1.29, 1.82) is 0 Å². The van der Waals surface area contributed by atoms with E-state index < -0.39 is 0 Å². The van der Waals surface area contributed by atoms with Gasteiger partial charge in [0.25, 0.3) is 0 Å². The lowest BCUT2D eigenvalue weighted by molar-refractivity contribution is -0.133. The van der Waals surface area contributed by atoms with Crippen LogP contribution in [0.2, 0.25) is 0 Å². The fourth-order valence-electron chi connectivity index (χ4n) is 3.23. The maximum Gasteiger partial charge on any atom is 0.242 e. The summed E-state index contributed by atoms with van der Waals surface area (Å²) >= 11 is 0. The van der Waals surface area contributed by atoms with Crippen LogP contribution in [0.3, 0.4) is 0 Å². The van der Waals surface area contributed by atoms with Crippen LogP contribution in [0.15, 0.2) is 42.7 Å². The molecular formula is C18H19N5O2. The number of aldehydes is 1. The normalized spacial score (nSPS) is 17.8. The molecule has 2 N–H and O–H groups in total. The number of fused-ring (bicyclic) bond motifs is 1. The molecule has 1 aliphatic heterocycles. The first-order chi connectivity index (χ1) is 12.2. The number of carbonyl (C=O) groups excluding carboxylic acids is 2. The van der Waals surface area contributed by atoms with Gasteiger partial charge in [-0.25, -0.2) is 4.98 Å². The summed E-state index contributed by atoms with van der Waals surface area (Å²) in [6, 6.07) is 9.56. The van der Waals surface area contributed by atoms with Crippen LogP contribution in [0.1, 0.15) is 0 Å². The van der Waals surface area contributed by atoms with Gasteiger partial charge in [0.05, 0.1) is 17.4 Å². The Labute approximate surface area is 144 Å². The molecule has 1 atom stereocenters. The smallest absolute Gasteiger partial charge is 0.242 e. The number of hydrogen-bond donors (Lipinski definition) is 2. The highest BCUT2D eigenvalue weighted by Crippen LogP contribution is 2.23. The van der Waals surface area contributed by atoms with E-state index in [0.717, 1.165) is 28.7 Å². The van der Waals surface area contributed by atoms with E-state index in [2.05, 4.69) is 15.3 Å². The van der Waals surface area contributed by atoms with Crippen LogP contribution in [0.4, 0.5) is 0 Å². The second kappa shape index (κ2) is 6.52. The lowest BCUT2D eigenvalue weighted by Gasteiger charge is -2.31. The van der Waals surface area contributed by atoms with Crippen molar-refractivity contribution in [2.45, 2.75) is 12.6 Å². The minimum absolute atomic E-state index is 0.0139. The Morgan fingerprint density at radius 1 is 1.36 bits per heavy atom. The summed E-state index contributed by atoms with van der Waals surface area (Å²) in [6.45, 7) is 1.93. The van der Waals surface area contributed by atoms with E-state index >= 15 is 0 Å². The molecule has 4 rings (SSSR count). The Bertz CT molecular complexity index is 880. The summed E-state index contributed by atoms with van der Waals surface area (Å²) in [7, 11) is 0. The second-order valence-corrected chi connectivity index (χ2v) is 6.18. The van der Waals surface area contributed by atoms with Crippen molar-refractivity contribution < 1.29 is 9.59 Å². The van der Waals surface area contributed by atoms with Gasteiger partial charge >= 0.3 is 0 Å². The van der Waals surface area contributed by atoms with Gasteiger partial charge in [0.15, 0.2) is 0 Å². The number of nitrogens with zero attached hydrogens (tertiary/aromatic N) is 3. The molecule has 1 amide bonds. The molecule has 0 aliphatic carbocycles. The SMILES string of the molecule is O=CC1CN(C(=O)Cn2cccc2-c2cc3cccnc3[nH]2)CCN1. The number of H-pyrrole nitrogens is 1. The number of amides is 1. The van der Waals surface area contributed by atoms with Crippen LogP contribution < -0.4 is 5.32 Å². The fraction of sp³-hybridized carbons (Fsp3) is 0.278. The number of piperazine rings is 1. The number of aromatic amines is 1. The third-order valence-electron chi connectivity index (χ3n) is 4.53. The first-order valence-corrected chi connectivity index (χ1v) is 8.30. The molecule has 0 aromatic carbocycles. The lowest BCUT2D eigenvalue weighted by atomic mass is 10.2. The number of nitrogens with one attached hydrogen (secondary N) is 2. The molecule has 1 saturated heterocycles. The molecule has 3 aromatic heterocycles. The highest BCUT2D eigenvalue weighted by Gasteiger charge is 2.23. The number of hydrogen-bond acceptors (Lipinski definition) is 4. The predicted octanol–water partition coefficient (Wildman–Crippen LogP) is 1.03. The van der Waals surface area contributed by atoms with Gasteiger partial charge in [0, 0.05) is 37.4 Å². The van der Waals surface area contributed by atoms with Gasteiger partial charge in [-0.1, -0.05) is 0 Å². The minimum atomic E-state index is -0.276. The van der Waals surface area contributed by atoms with Crippen molar-refractivity contribution in [3.8, 4) is 11.4 Å². The van der Waals surface area contributed by atoms with Crippen molar-refractivity contribution >= 4 is 23.2 Å². The van der Waals surface area contributed by atoms with E-state index in [4.69, 9.17) is 0 Å². The summed E-state index contributed by atoms with van der Waals surface area (Å²) in [6.07, 6.45) is 4.50. The third kappa shape index (κ3) is 3.06. The van der Waals surface area contributed by atoms with Gasteiger partial charge < -0.3 is 24.6 Å². The molecule has 3 aromatic rings. The summed E-state index contributed by atoms with van der Waals surface area (Å²) < 4.78 is 1.92. The van der Waals surface area contributed by atoms with Crippen molar-refractivity contribution in [3.05, 3.63) is 42.7 Å². The molecule has 7 nitrogen and oxygen atoms in total. The van der Waals surface area contributed by atoms with Crippen LogP contribution in [0.5, 0.6) is 0 Å². The van der Waals surface area contributed by atoms with E-state index in [9.17, 15) is 9.59 Å². The quantitative estimate of drug-likeness (QED) is 0.697. The van der Waals surface area contributed by atoms with Crippen molar-refractivity contribution in [2.75, 3.05) is 19.6 Å². The van der Waals surface area contributed by atoms with Crippen LogP contribution in [-0.2, 0) is 16.1 Å². The maximum atomic E-state index is 12.6. The Morgan fingerprint density at radius 2 is 2.28 bits per heavy atom. The number of carbonyl (C=O) groups is 2. The Balaban J connectivity index is 1.55. The molecule has 7 heteroatoms. The molecule has 0 radical (unpaired) electrons. The lowest BCUT2D eigenvalue weighted by Crippen LogP contribution is -2.53. The van der Waals surface area contributed by atoms with E-state index in [0.29, 0.717) is 19.6 Å². The first-order valence-electron chi connectivity index (χ1n) is 8.30. The fourth-order valence-corrected chi connectivity index (χ4v) is 3.23. The van der Waals surface area contributed by atoms with E-state index in [1.165, 1.54) is 0 Å². The zero-order valence-electron chi connectivity index (χ0n) is 13.7. The van der Waals surface area contributed by atoms with Gasteiger partial charge in [-0.05, 0) is 30.3 Å². The standard InChI is InChI=1S/C18H19N5O2/c24-12-14-10-23(8-6-19-14)17(25)11-22-7-2-4-16(22)15-9-13-3-1-5-20-18(13)21-15/h1-5,7,9,12,14,19H,6,8,10-11H2,(H,20,21). The van der Waals surface area contributed by atoms with Gasteiger partial charge in [0.1, 0.15) is 18.5 Å². The average Bonchev–Trinajstić information content (AvgIpc) is 3.27. The predicted molar refractivity (Wildman–Crippen MR) is 94.0 cm³/mol. The molecule has 1 fully saturated rings. The van der Waals surface area contributed by atoms with Gasteiger partial charge in [-0.3, -0.25) is 4.79 Å². The zero-order chi connectivity index (χ0) is 17.2. The molecule has 0 saturated carbocycles. The Hall–Kier alpha value is -2.93. The van der Waals surface area contributed by atoms with Crippen molar-refractivity contribution in [2.24, 2.45) is 0 Å². The third-order valence-corrected chi connectivity index (χ3v) is 4.53. The van der Waals surface area contributed by atoms with E-state index in [1.807, 2.05) is 41.1 Å². The average molecular weight is 337 g/mol. The highest BCUT2D eigenvalue weighted by molar-refractivity contribution is 5.83. The molecule has 1 aliphatic rings. The van der Waals surface area contributed by atoms with Crippen LogP contribution >= 0.6 is 0 Å². The molecule has 1 unspecified atom stereocenters. The van der Waals surface area contributed by atoms with E-state index in [-0.39, 0.29) is 18.5 Å². The van der Waals surface area contributed by atoms with Crippen LogP contribution in [0, 0.1) is 0 Å². The Kier molecular flexibility index (Phi) is 4.07. The van der Waals surface area contributed by atoms with E-state index in [1.54, 1.807) is 11.1 Å². The molecule has 0 spiro atoms. The monoisotopic (exact) mass is 337 g/mol. The molecular weight excluding hydrogens is 318 g/mol. The summed E-state index contributed by atoms with van der Waals surface area (Å²) in [5.41, 5.74) is 2.69. The zero-order valence-corrected chi connectivity index (χ0v) is 13.7. The second-order valence-electron chi connectivity index (χ2n) is 6.18. The van der Waals surface area contributed by atoms with Crippen LogP contribution in [0.25, 0.3) is 22.4 Å².